The van der Waals surface area contributed by atoms with Crippen LogP contribution in [0.4, 0.5) is 0 Å². The standard InChI is InChI=1S/C15H12N2S.2C2H6/c1-11-7-9-13(10-8-11)15-14(16-17-18-15)12-5-3-2-4-6-12;2*1-2/h2-10H,1H3;2*1-2H3. The first-order valence-corrected chi connectivity index (χ1v) is 8.57. The van der Waals surface area contributed by atoms with E-state index in [0.717, 1.165) is 16.1 Å². The molecule has 0 radical (unpaired) electrons. The third-order valence-corrected chi connectivity index (χ3v) is 3.62. The van der Waals surface area contributed by atoms with Crippen molar-refractivity contribution in [2.75, 3.05) is 0 Å². The van der Waals surface area contributed by atoms with E-state index in [9.17, 15) is 0 Å². The van der Waals surface area contributed by atoms with Crippen molar-refractivity contribution in [2.45, 2.75) is 34.6 Å². The van der Waals surface area contributed by atoms with Crippen LogP contribution in [-0.4, -0.2) is 9.59 Å². The summed E-state index contributed by atoms with van der Waals surface area (Å²) in [5, 5.41) is 4.25. The van der Waals surface area contributed by atoms with Gasteiger partial charge in [0.05, 0.1) is 4.88 Å². The van der Waals surface area contributed by atoms with Crippen LogP contribution in [0.1, 0.15) is 33.3 Å². The fourth-order valence-electron chi connectivity index (χ4n) is 1.87. The fourth-order valence-corrected chi connectivity index (χ4v) is 2.56. The minimum atomic E-state index is 0.962. The Hall–Kier alpha value is -2.00. The topological polar surface area (TPSA) is 25.8 Å². The SMILES string of the molecule is CC.CC.Cc1ccc(-c2snnc2-c2ccccc2)cc1. The molecule has 0 saturated heterocycles. The summed E-state index contributed by atoms with van der Waals surface area (Å²) >= 11 is 1.44. The number of aromatic nitrogens is 2. The number of benzene rings is 2. The van der Waals surface area contributed by atoms with Gasteiger partial charge in [0.2, 0.25) is 0 Å². The molecule has 3 rings (SSSR count). The molecule has 0 unspecified atom stereocenters. The summed E-state index contributed by atoms with van der Waals surface area (Å²) in [4.78, 5) is 1.13. The van der Waals surface area contributed by atoms with Gasteiger partial charge in [-0.05, 0) is 24.0 Å². The maximum atomic E-state index is 4.25. The smallest absolute Gasteiger partial charge is 0.113 e. The molecule has 1 aromatic heterocycles. The van der Waals surface area contributed by atoms with Gasteiger partial charge in [-0.15, -0.1) is 5.10 Å². The molecule has 116 valence electrons. The molecule has 1 heterocycles. The first kappa shape index (κ1) is 18.1. The fraction of sp³-hybridized carbons (Fsp3) is 0.263. The van der Waals surface area contributed by atoms with E-state index >= 15 is 0 Å². The molecule has 0 spiro atoms. The lowest BCUT2D eigenvalue weighted by Gasteiger charge is -2.02. The van der Waals surface area contributed by atoms with Crippen LogP contribution in [0.25, 0.3) is 21.7 Å². The predicted octanol–water partition coefficient (Wildman–Crippen LogP) is 6.23. The largest absolute Gasteiger partial charge is 0.137 e. The quantitative estimate of drug-likeness (QED) is 0.560. The van der Waals surface area contributed by atoms with Crippen molar-refractivity contribution in [3.63, 3.8) is 0 Å². The van der Waals surface area contributed by atoms with Crippen LogP contribution in [0.5, 0.6) is 0 Å². The molecule has 0 atom stereocenters. The lowest BCUT2D eigenvalue weighted by Crippen LogP contribution is -1.82. The van der Waals surface area contributed by atoms with Gasteiger partial charge < -0.3 is 0 Å². The van der Waals surface area contributed by atoms with Crippen LogP contribution in [-0.2, 0) is 0 Å². The van der Waals surface area contributed by atoms with Gasteiger partial charge >= 0.3 is 0 Å². The van der Waals surface area contributed by atoms with Gasteiger partial charge in [0.1, 0.15) is 5.69 Å². The summed E-state index contributed by atoms with van der Waals surface area (Å²) in [7, 11) is 0. The zero-order chi connectivity index (χ0) is 16.4. The number of rotatable bonds is 2. The lowest BCUT2D eigenvalue weighted by molar-refractivity contribution is 1.16. The molecule has 2 nitrogen and oxygen atoms in total. The summed E-state index contributed by atoms with van der Waals surface area (Å²) in [6, 6.07) is 18.7. The van der Waals surface area contributed by atoms with E-state index < -0.39 is 0 Å². The second kappa shape index (κ2) is 9.85. The molecule has 0 bridgehead atoms. The molecule has 0 fully saturated rings. The van der Waals surface area contributed by atoms with E-state index in [-0.39, 0.29) is 0 Å². The van der Waals surface area contributed by atoms with Crippen molar-refractivity contribution in [1.82, 2.24) is 9.59 Å². The molecular formula is C19H24N2S. The lowest BCUT2D eigenvalue weighted by atomic mass is 10.1. The predicted molar refractivity (Wildman–Crippen MR) is 98.2 cm³/mol. The highest BCUT2D eigenvalue weighted by atomic mass is 32.1. The Morgan fingerprint density at radius 3 is 1.91 bits per heavy atom. The summed E-state index contributed by atoms with van der Waals surface area (Å²) in [5.74, 6) is 0. The van der Waals surface area contributed by atoms with E-state index in [1.807, 2.05) is 45.9 Å². The van der Waals surface area contributed by atoms with Gasteiger partial charge in [0, 0.05) is 5.56 Å². The average Bonchev–Trinajstić information content (AvgIpc) is 3.10. The van der Waals surface area contributed by atoms with Crippen LogP contribution in [0, 0.1) is 6.92 Å². The Balaban J connectivity index is 0.000000561. The molecular weight excluding hydrogens is 288 g/mol. The molecule has 0 saturated carbocycles. The Bertz CT molecular complexity index is 643. The van der Waals surface area contributed by atoms with Gasteiger partial charge in [-0.2, -0.15) is 0 Å². The minimum Gasteiger partial charge on any atom is -0.137 e. The second-order valence-corrected chi connectivity index (χ2v) is 4.94. The van der Waals surface area contributed by atoms with Gasteiger partial charge in [-0.25, -0.2) is 0 Å². The van der Waals surface area contributed by atoms with E-state index in [4.69, 9.17) is 0 Å². The van der Waals surface area contributed by atoms with Crippen LogP contribution in [0.2, 0.25) is 0 Å². The van der Waals surface area contributed by atoms with Crippen molar-refractivity contribution >= 4 is 11.5 Å². The Labute approximate surface area is 138 Å². The highest BCUT2D eigenvalue weighted by Gasteiger charge is 2.11. The highest BCUT2D eigenvalue weighted by Crippen LogP contribution is 2.32. The zero-order valence-corrected chi connectivity index (χ0v) is 14.8. The van der Waals surface area contributed by atoms with Gasteiger partial charge in [-0.1, -0.05) is 92.3 Å². The van der Waals surface area contributed by atoms with Crippen LogP contribution < -0.4 is 0 Å². The third kappa shape index (κ3) is 4.50. The van der Waals surface area contributed by atoms with E-state index in [1.165, 1.54) is 22.7 Å². The van der Waals surface area contributed by atoms with Crippen molar-refractivity contribution in [1.29, 1.82) is 0 Å². The van der Waals surface area contributed by atoms with Crippen LogP contribution in [0.15, 0.2) is 54.6 Å². The van der Waals surface area contributed by atoms with Crippen molar-refractivity contribution < 1.29 is 0 Å². The molecule has 0 aliphatic carbocycles. The number of nitrogens with zero attached hydrogens (tertiary/aromatic N) is 2. The third-order valence-electron chi connectivity index (χ3n) is 2.85. The highest BCUT2D eigenvalue weighted by molar-refractivity contribution is 7.09. The molecule has 0 aliphatic rings. The number of hydrogen-bond acceptors (Lipinski definition) is 3. The van der Waals surface area contributed by atoms with Crippen LogP contribution in [0.3, 0.4) is 0 Å². The van der Waals surface area contributed by atoms with Crippen LogP contribution >= 0.6 is 11.5 Å². The summed E-state index contributed by atoms with van der Waals surface area (Å²) in [6.07, 6.45) is 0. The molecule has 2 aromatic carbocycles. The number of aryl methyl sites for hydroxylation is 1. The van der Waals surface area contributed by atoms with Crippen molar-refractivity contribution in [3.8, 4) is 21.7 Å². The monoisotopic (exact) mass is 312 g/mol. The molecule has 3 aromatic rings. The van der Waals surface area contributed by atoms with Crippen molar-refractivity contribution in [3.05, 3.63) is 60.2 Å². The van der Waals surface area contributed by atoms with Crippen molar-refractivity contribution in [2.24, 2.45) is 0 Å². The maximum absolute atomic E-state index is 4.25. The Kier molecular flexibility index (Phi) is 8.08. The Morgan fingerprint density at radius 2 is 1.32 bits per heavy atom. The second-order valence-electron chi connectivity index (χ2n) is 4.18. The molecule has 3 heteroatoms. The minimum absolute atomic E-state index is 0.962. The molecule has 0 amide bonds. The summed E-state index contributed by atoms with van der Waals surface area (Å²) in [6.45, 7) is 10.1. The molecule has 0 aliphatic heterocycles. The van der Waals surface area contributed by atoms with E-state index in [2.05, 4.69) is 52.9 Å². The average molecular weight is 312 g/mol. The summed E-state index contributed by atoms with van der Waals surface area (Å²) < 4.78 is 4.09. The zero-order valence-electron chi connectivity index (χ0n) is 14.0. The van der Waals surface area contributed by atoms with Gasteiger partial charge in [0.25, 0.3) is 0 Å². The maximum Gasteiger partial charge on any atom is 0.113 e. The normalized spacial score (nSPS) is 9.14. The molecule has 0 N–H and O–H groups in total. The van der Waals surface area contributed by atoms with Gasteiger partial charge in [-0.3, -0.25) is 0 Å². The number of hydrogen-bond donors (Lipinski definition) is 0. The van der Waals surface area contributed by atoms with E-state index in [1.54, 1.807) is 0 Å². The molecule has 22 heavy (non-hydrogen) atoms. The Morgan fingerprint density at radius 1 is 0.727 bits per heavy atom. The van der Waals surface area contributed by atoms with Gasteiger partial charge in [0.15, 0.2) is 0 Å². The summed E-state index contributed by atoms with van der Waals surface area (Å²) in [5.41, 5.74) is 4.51. The van der Waals surface area contributed by atoms with E-state index in [0.29, 0.717) is 0 Å². The first-order chi connectivity index (χ1) is 10.8. The first-order valence-electron chi connectivity index (χ1n) is 7.79.